The minimum absolute atomic E-state index is 0.290. The Morgan fingerprint density at radius 2 is 2.16 bits per heavy atom. The molecular formula is C15H21N3O. The lowest BCUT2D eigenvalue weighted by atomic mass is 10.00. The van der Waals surface area contributed by atoms with Crippen molar-refractivity contribution in [3.63, 3.8) is 0 Å². The smallest absolute Gasteiger partial charge is 0.132 e. The van der Waals surface area contributed by atoms with Gasteiger partial charge in [0.25, 0.3) is 0 Å². The van der Waals surface area contributed by atoms with E-state index >= 15 is 0 Å². The molecule has 1 aliphatic rings. The molecular weight excluding hydrogens is 238 g/mol. The third kappa shape index (κ3) is 2.21. The molecule has 3 heterocycles. The Morgan fingerprint density at radius 1 is 1.32 bits per heavy atom. The monoisotopic (exact) mass is 259 g/mol. The lowest BCUT2D eigenvalue weighted by molar-refractivity contribution is 0.106. The molecule has 0 spiro atoms. The van der Waals surface area contributed by atoms with Gasteiger partial charge in [-0.25, -0.2) is 4.98 Å². The third-order valence-corrected chi connectivity index (χ3v) is 4.05. The highest BCUT2D eigenvalue weighted by Crippen LogP contribution is 2.32. The Kier molecular flexibility index (Phi) is 3.19. The first-order valence-corrected chi connectivity index (χ1v) is 7.08. The number of likely N-dealkylation sites (tertiary alicyclic amines) is 1. The third-order valence-electron chi connectivity index (χ3n) is 4.05. The Labute approximate surface area is 113 Å². The van der Waals surface area contributed by atoms with Crippen LogP contribution in [0.3, 0.4) is 0 Å². The largest absolute Gasteiger partial charge is 0.506 e. The van der Waals surface area contributed by atoms with Crippen molar-refractivity contribution < 1.29 is 5.11 Å². The SMILES string of the molecule is CC(C)N1CCCCC1c1ncc2ccc(O)cn12. The van der Waals surface area contributed by atoms with Crippen LogP contribution in [0.5, 0.6) is 5.75 Å². The van der Waals surface area contributed by atoms with Gasteiger partial charge >= 0.3 is 0 Å². The van der Waals surface area contributed by atoms with E-state index in [0.29, 0.717) is 17.8 Å². The highest BCUT2D eigenvalue weighted by molar-refractivity contribution is 5.48. The van der Waals surface area contributed by atoms with Crippen molar-refractivity contribution in [3.8, 4) is 5.75 Å². The van der Waals surface area contributed by atoms with Crippen molar-refractivity contribution in [3.05, 3.63) is 30.4 Å². The summed E-state index contributed by atoms with van der Waals surface area (Å²) in [5, 5.41) is 9.68. The van der Waals surface area contributed by atoms with Crippen LogP contribution >= 0.6 is 0 Å². The van der Waals surface area contributed by atoms with Crippen LogP contribution in [0.1, 0.15) is 45.0 Å². The highest BCUT2D eigenvalue weighted by atomic mass is 16.3. The van der Waals surface area contributed by atoms with E-state index in [4.69, 9.17) is 0 Å². The molecule has 4 heteroatoms. The average Bonchev–Trinajstić information content (AvgIpc) is 2.81. The number of hydrogen-bond acceptors (Lipinski definition) is 3. The Bertz CT molecular complexity index is 576. The number of fused-ring (bicyclic) bond motifs is 1. The normalized spacial score (nSPS) is 21.3. The minimum Gasteiger partial charge on any atom is -0.506 e. The molecule has 1 aliphatic heterocycles. The number of nitrogens with zero attached hydrogens (tertiary/aromatic N) is 3. The fourth-order valence-corrected chi connectivity index (χ4v) is 3.09. The second-order valence-electron chi connectivity index (χ2n) is 5.64. The zero-order valence-corrected chi connectivity index (χ0v) is 11.6. The molecule has 0 aliphatic carbocycles. The van der Waals surface area contributed by atoms with Crippen LogP contribution in [0.25, 0.3) is 5.52 Å². The van der Waals surface area contributed by atoms with E-state index in [0.717, 1.165) is 24.3 Å². The van der Waals surface area contributed by atoms with Crippen molar-refractivity contribution >= 4 is 5.52 Å². The first-order valence-electron chi connectivity index (χ1n) is 7.08. The molecule has 2 aromatic heterocycles. The van der Waals surface area contributed by atoms with Crippen LogP contribution in [0.4, 0.5) is 0 Å². The van der Waals surface area contributed by atoms with Crippen LogP contribution in [-0.4, -0.2) is 32.0 Å². The van der Waals surface area contributed by atoms with Crippen LogP contribution in [0, 0.1) is 0 Å². The van der Waals surface area contributed by atoms with E-state index in [1.807, 2.05) is 16.7 Å². The maximum Gasteiger partial charge on any atom is 0.132 e. The molecule has 1 fully saturated rings. The van der Waals surface area contributed by atoms with Crippen LogP contribution in [0.2, 0.25) is 0 Å². The van der Waals surface area contributed by atoms with Crippen LogP contribution in [0.15, 0.2) is 24.5 Å². The Balaban J connectivity index is 2.04. The molecule has 0 amide bonds. The summed E-state index contributed by atoms with van der Waals surface area (Å²) in [5.41, 5.74) is 1.04. The summed E-state index contributed by atoms with van der Waals surface area (Å²) in [6.45, 7) is 5.62. The quantitative estimate of drug-likeness (QED) is 0.901. The molecule has 0 bridgehead atoms. The summed E-state index contributed by atoms with van der Waals surface area (Å²) in [5.74, 6) is 1.35. The zero-order chi connectivity index (χ0) is 13.4. The zero-order valence-electron chi connectivity index (χ0n) is 11.6. The summed E-state index contributed by atoms with van der Waals surface area (Å²) in [6, 6.07) is 4.50. The topological polar surface area (TPSA) is 40.8 Å². The summed E-state index contributed by atoms with van der Waals surface area (Å²) in [4.78, 5) is 7.12. The van der Waals surface area contributed by atoms with E-state index < -0.39 is 0 Å². The molecule has 19 heavy (non-hydrogen) atoms. The molecule has 1 saturated heterocycles. The van der Waals surface area contributed by atoms with E-state index in [1.165, 1.54) is 12.8 Å². The molecule has 2 aromatic rings. The maximum absolute atomic E-state index is 9.68. The molecule has 0 aromatic carbocycles. The molecule has 102 valence electrons. The molecule has 0 radical (unpaired) electrons. The van der Waals surface area contributed by atoms with Gasteiger partial charge in [-0.15, -0.1) is 0 Å². The van der Waals surface area contributed by atoms with Gasteiger partial charge in [-0.3, -0.25) is 9.30 Å². The number of piperidine rings is 1. The fourth-order valence-electron chi connectivity index (χ4n) is 3.09. The van der Waals surface area contributed by atoms with Crippen LogP contribution < -0.4 is 0 Å². The van der Waals surface area contributed by atoms with Gasteiger partial charge < -0.3 is 5.11 Å². The van der Waals surface area contributed by atoms with Gasteiger partial charge in [-0.1, -0.05) is 6.42 Å². The minimum atomic E-state index is 0.290. The van der Waals surface area contributed by atoms with Crippen molar-refractivity contribution in [2.24, 2.45) is 0 Å². The van der Waals surface area contributed by atoms with Gasteiger partial charge in [-0.2, -0.15) is 0 Å². The van der Waals surface area contributed by atoms with Gasteiger partial charge in [0.1, 0.15) is 11.6 Å². The summed E-state index contributed by atoms with van der Waals surface area (Å²) < 4.78 is 2.03. The van der Waals surface area contributed by atoms with Crippen LogP contribution in [-0.2, 0) is 0 Å². The number of imidazole rings is 1. The lowest BCUT2D eigenvalue weighted by Crippen LogP contribution is -2.39. The molecule has 1 unspecified atom stereocenters. The first-order chi connectivity index (χ1) is 9.16. The van der Waals surface area contributed by atoms with Gasteiger partial charge in [0.2, 0.25) is 0 Å². The Hall–Kier alpha value is -1.55. The molecule has 1 atom stereocenters. The number of rotatable bonds is 2. The standard InChI is InChI=1S/C15H21N3O/c1-11(2)17-8-4-3-5-14(17)15-16-9-12-6-7-13(19)10-18(12)15/h6-7,9-11,14,19H,3-5,8H2,1-2H3. The highest BCUT2D eigenvalue weighted by Gasteiger charge is 2.28. The first kappa shape index (κ1) is 12.5. The number of pyridine rings is 1. The second-order valence-corrected chi connectivity index (χ2v) is 5.64. The van der Waals surface area contributed by atoms with Gasteiger partial charge in [-0.05, 0) is 45.4 Å². The van der Waals surface area contributed by atoms with E-state index in [-0.39, 0.29) is 0 Å². The van der Waals surface area contributed by atoms with Gasteiger partial charge in [0, 0.05) is 6.04 Å². The van der Waals surface area contributed by atoms with Gasteiger partial charge in [0.05, 0.1) is 24.0 Å². The lowest BCUT2D eigenvalue weighted by Gasteiger charge is -2.37. The maximum atomic E-state index is 9.68. The summed E-state index contributed by atoms with van der Waals surface area (Å²) in [6.07, 6.45) is 7.32. The van der Waals surface area contributed by atoms with Crippen molar-refractivity contribution in [1.29, 1.82) is 0 Å². The van der Waals surface area contributed by atoms with Crippen molar-refractivity contribution in [1.82, 2.24) is 14.3 Å². The molecule has 4 nitrogen and oxygen atoms in total. The number of aromatic hydroxyl groups is 1. The van der Waals surface area contributed by atoms with Crippen molar-refractivity contribution in [2.75, 3.05) is 6.54 Å². The Morgan fingerprint density at radius 3 is 2.95 bits per heavy atom. The van der Waals surface area contributed by atoms with E-state index in [2.05, 4.69) is 23.7 Å². The molecule has 0 saturated carbocycles. The molecule has 1 N–H and O–H groups in total. The molecule has 3 rings (SSSR count). The predicted molar refractivity (Wildman–Crippen MR) is 75.3 cm³/mol. The number of hydrogen-bond donors (Lipinski definition) is 1. The predicted octanol–water partition coefficient (Wildman–Crippen LogP) is 2.98. The van der Waals surface area contributed by atoms with E-state index in [1.54, 1.807) is 12.3 Å². The fraction of sp³-hybridized carbons (Fsp3) is 0.533. The number of aromatic nitrogens is 2. The van der Waals surface area contributed by atoms with E-state index in [9.17, 15) is 5.11 Å². The summed E-state index contributed by atoms with van der Waals surface area (Å²) in [7, 11) is 0. The summed E-state index contributed by atoms with van der Waals surface area (Å²) >= 11 is 0. The van der Waals surface area contributed by atoms with Crippen molar-refractivity contribution in [2.45, 2.75) is 45.2 Å². The van der Waals surface area contributed by atoms with Gasteiger partial charge in [0.15, 0.2) is 0 Å². The average molecular weight is 259 g/mol. The second kappa shape index (κ2) is 4.85.